The molecular formula is C16H21N3O3. The number of fused-ring (bicyclic) bond motifs is 1. The molecule has 1 fully saturated rings. The first-order chi connectivity index (χ1) is 10.3. The summed E-state index contributed by atoms with van der Waals surface area (Å²) in [5, 5.41) is 2.89. The fourth-order valence-corrected chi connectivity index (χ4v) is 2.65. The van der Waals surface area contributed by atoms with Gasteiger partial charge in [-0.05, 0) is 32.4 Å². The highest BCUT2D eigenvalue weighted by molar-refractivity contribution is 5.92. The first-order valence-corrected chi connectivity index (χ1v) is 7.47. The third kappa shape index (κ3) is 2.86. The summed E-state index contributed by atoms with van der Waals surface area (Å²) >= 11 is 0. The van der Waals surface area contributed by atoms with Gasteiger partial charge in [0.1, 0.15) is 5.60 Å². The molecular weight excluding hydrogens is 282 g/mol. The van der Waals surface area contributed by atoms with E-state index in [2.05, 4.69) is 5.32 Å². The number of nitrogens with one attached hydrogen (secondary N) is 1. The second kappa shape index (κ2) is 5.19. The van der Waals surface area contributed by atoms with Crippen LogP contribution in [0, 0.1) is 0 Å². The number of amides is 3. The Kier molecular flexibility index (Phi) is 3.47. The normalized spacial score (nSPS) is 18.4. The van der Waals surface area contributed by atoms with E-state index < -0.39 is 5.60 Å². The SMILES string of the molecule is CC(C)(C)OC(=O)N1CC(N2Cc3ccccc3NC2=O)C1. The standard InChI is InChI=1S/C16H21N3O3/c1-16(2,3)22-15(21)18-9-12(10-18)19-8-11-6-4-5-7-13(11)17-14(19)20/h4-7,12H,8-10H2,1-3H3,(H,17,20). The predicted octanol–water partition coefficient (Wildman–Crippen LogP) is 2.65. The quantitative estimate of drug-likeness (QED) is 0.867. The molecule has 0 bridgehead atoms. The van der Waals surface area contributed by atoms with E-state index in [9.17, 15) is 9.59 Å². The van der Waals surface area contributed by atoms with E-state index in [4.69, 9.17) is 4.74 Å². The molecule has 0 unspecified atom stereocenters. The Bertz CT molecular complexity index is 603. The summed E-state index contributed by atoms with van der Waals surface area (Å²) in [4.78, 5) is 27.5. The molecule has 1 aromatic carbocycles. The number of hydrogen-bond acceptors (Lipinski definition) is 3. The van der Waals surface area contributed by atoms with Crippen LogP contribution in [0.4, 0.5) is 15.3 Å². The van der Waals surface area contributed by atoms with Crippen molar-refractivity contribution in [1.29, 1.82) is 0 Å². The summed E-state index contributed by atoms with van der Waals surface area (Å²) in [7, 11) is 0. The van der Waals surface area contributed by atoms with Gasteiger partial charge in [0, 0.05) is 25.3 Å². The minimum absolute atomic E-state index is 0.0425. The van der Waals surface area contributed by atoms with Crippen LogP contribution in [0.3, 0.4) is 0 Å². The molecule has 2 aliphatic rings. The molecule has 0 radical (unpaired) electrons. The molecule has 22 heavy (non-hydrogen) atoms. The molecule has 2 heterocycles. The maximum atomic E-state index is 12.2. The lowest BCUT2D eigenvalue weighted by Crippen LogP contribution is -2.63. The lowest BCUT2D eigenvalue weighted by Gasteiger charge is -2.46. The van der Waals surface area contributed by atoms with Gasteiger partial charge in [-0.1, -0.05) is 18.2 Å². The number of rotatable bonds is 1. The van der Waals surface area contributed by atoms with Crippen LogP contribution in [-0.2, 0) is 11.3 Å². The fourth-order valence-electron chi connectivity index (χ4n) is 2.65. The van der Waals surface area contributed by atoms with Crippen LogP contribution in [0.25, 0.3) is 0 Å². The average molecular weight is 303 g/mol. The number of ether oxygens (including phenoxy) is 1. The number of likely N-dealkylation sites (tertiary alicyclic amines) is 1. The number of carbonyl (C=O) groups is 2. The van der Waals surface area contributed by atoms with Gasteiger partial charge in [-0.15, -0.1) is 0 Å². The van der Waals surface area contributed by atoms with Crippen LogP contribution in [0.5, 0.6) is 0 Å². The minimum atomic E-state index is -0.496. The molecule has 0 aliphatic carbocycles. The van der Waals surface area contributed by atoms with Crippen molar-refractivity contribution < 1.29 is 14.3 Å². The van der Waals surface area contributed by atoms with Gasteiger partial charge in [0.25, 0.3) is 0 Å². The Morgan fingerprint density at radius 3 is 2.64 bits per heavy atom. The highest BCUT2D eigenvalue weighted by Gasteiger charge is 2.40. The van der Waals surface area contributed by atoms with Crippen LogP contribution in [0.2, 0.25) is 0 Å². The second-order valence-corrected chi connectivity index (χ2v) is 6.75. The first-order valence-electron chi connectivity index (χ1n) is 7.47. The highest BCUT2D eigenvalue weighted by Crippen LogP contribution is 2.27. The molecule has 0 atom stereocenters. The number of hydrogen-bond donors (Lipinski definition) is 1. The number of carbonyl (C=O) groups excluding carboxylic acids is 2. The fraction of sp³-hybridized carbons (Fsp3) is 0.500. The molecule has 6 heteroatoms. The minimum Gasteiger partial charge on any atom is -0.444 e. The summed E-state index contributed by atoms with van der Waals surface area (Å²) in [6.07, 6.45) is -0.318. The zero-order valence-corrected chi connectivity index (χ0v) is 13.1. The van der Waals surface area contributed by atoms with Gasteiger partial charge in [-0.2, -0.15) is 0 Å². The first kappa shape index (κ1) is 14.7. The Labute approximate surface area is 130 Å². The molecule has 118 valence electrons. The molecule has 3 amide bonds. The third-order valence-corrected chi connectivity index (χ3v) is 3.82. The summed E-state index contributed by atoms with van der Waals surface area (Å²) in [5.41, 5.74) is 1.47. The molecule has 2 aliphatic heterocycles. The lowest BCUT2D eigenvalue weighted by molar-refractivity contribution is -0.00900. The Morgan fingerprint density at radius 1 is 1.27 bits per heavy atom. The van der Waals surface area contributed by atoms with Gasteiger partial charge in [-0.25, -0.2) is 9.59 Å². The molecule has 3 rings (SSSR count). The number of para-hydroxylation sites is 1. The van der Waals surface area contributed by atoms with Crippen molar-refractivity contribution in [1.82, 2.24) is 9.80 Å². The molecule has 1 N–H and O–H groups in total. The summed E-state index contributed by atoms with van der Waals surface area (Å²) in [6, 6.07) is 7.71. The van der Waals surface area contributed by atoms with Crippen molar-refractivity contribution in [2.45, 2.75) is 39.0 Å². The second-order valence-electron chi connectivity index (χ2n) is 6.75. The average Bonchev–Trinajstić information content (AvgIpc) is 2.35. The number of urea groups is 1. The van der Waals surface area contributed by atoms with Gasteiger partial charge in [0.15, 0.2) is 0 Å². The van der Waals surface area contributed by atoms with Crippen LogP contribution in [-0.4, -0.2) is 46.7 Å². The van der Waals surface area contributed by atoms with Crippen LogP contribution < -0.4 is 5.32 Å². The molecule has 6 nitrogen and oxygen atoms in total. The molecule has 1 aromatic rings. The van der Waals surface area contributed by atoms with Gasteiger partial charge in [0.05, 0.1) is 6.04 Å². The topological polar surface area (TPSA) is 61.9 Å². The summed E-state index contributed by atoms with van der Waals surface area (Å²) in [5.74, 6) is 0. The lowest BCUT2D eigenvalue weighted by atomic mass is 10.0. The highest BCUT2D eigenvalue weighted by atomic mass is 16.6. The Hall–Kier alpha value is -2.24. The van der Waals surface area contributed by atoms with E-state index in [-0.39, 0.29) is 18.2 Å². The van der Waals surface area contributed by atoms with Crippen molar-refractivity contribution in [2.75, 3.05) is 18.4 Å². The smallest absolute Gasteiger partial charge is 0.410 e. The maximum Gasteiger partial charge on any atom is 0.410 e. The molecule has 0 spiro atoms. The predicted molar refractivity (Wildman–Crippen MR) is 82.6 cm³/mol. The van der Waals surface area contributed by atoms with Crippen molar-refractivity contribution >= 4 is 17.8 Å². The van der Waals surface area contributed by atoms with E-state index >= 15 is 0 Å². The number of nitrogens with zero attached hydrogens (tertiary/aromatic N) is 2. The molecule has 0 aromatic heterocycles. The van der Waals surface area contributed by atoms with Gasteiger partial charge >= 0.3 is 12.1 Å². The van der Waals surface area contributed by atoms with E-state index in [1.54, 1.807) is 9.80 Å². The maximum absolute atomic E-state index is 12.2. The van der Waals surface area contributed by atoms with Gasteiger partial charge in [0.2, 0.25) is 0 Å². The van der Waals surface area contributed by atoms with Crippen molar-refractivity contribution in [3.8, 4) is 0 Å². The van der Waals surface area contributed by atoms with Gasteiger partial charge < -0.3 is 19.9 Å². The Morgan fingerprint density at radius 2 is 1.95 bits per heavy atom. The van der Waals surface area contributed by atoms with E-state index in [0.29, 0.717) is 19.6 Å². The van der Waals surface area contributed by atoms with E-state index in [1.165, 1.54) is 0 Å². The van der Waals surface area contributed by atoms with Crippen molar-refractivity contribution in [3.05, 3.63) is 29.8 Å². The van der Waals surface area contributed by atoms with E-state index in [0.717, 1.165) is 11.3 Å². The van der Waals surface area contributed by atoms with Crippen molar-refractivity contribution in [3.63, 3.8) is 0 Å². The summed E-state index contributed by atoms with van der Waals surface area (Å²) < 4.78 is 5.33. The van der Waals surface area contributed by atoms with E-state index in [1.807, 2.05) is 45.0 Å². The molecule has 0 saturated carbocycles. The zero-order chi connectivity index (χ0) is 15.9. The number of benzene rings is 1. The van der Waals surface area contributed by atoms with Crippen molar-refractivity contribution in [2.24, 2.45) is 0 Å². The number of anilines is 1. The summed E-state index contributed by atoms with van der Waals surface area (Å²) in [6.45, 7) is 7.15. The van der Waals surface area contributed by atoms with Crippen LogP contribution in [0.1, 0.15) is 26.3 Å². The molecule has 1 saturated heterocycles. The zero-order valence-electron chi connectivity index (χ0n) is 13.1. The van der Waals surface area contributed by atoms with Crippen LogP contribution >= 0.6 is 0 Å². The monoisotopic (exact) mass is 303 g/mol. The third-order valence-electron chi connectivity index (χ3n) is 3.82. The largest absolute Gasteiger partial charge is 0.444 e. The van der Waals surface area contributed by atoms with Gasteiger partial charge in [-0.3, -0.25) is 0 Å². The Balaban J connectivity index is 1.59. The van der Waals surface area contributed by atoms with Crippen LogP contribution in [0.15, 0.2) is 24.3 Å².